The van der Waals surface area contributed by atoms with E-state index in [1.807, 2.05) is 83.1 Å². The van der Waals surface area contributed by atoms with Gasteiger partial charge in [-0.2, -0.15) is 0 Å². The Balaban J connectivity index is -0.000000101. The number of terminal acetylenes is 1. The van der Waals surface area contributed by atoms with Crippen LogP contribution in [0.2, 0.25) is 0 Å². The molecule has 0 spiro atoms. The first-order valence-corrected chi connectivity index (χ1v) is 20.1. The highest BCUT2D eigenvalue weighted by Gasteiger charge is 2.23. The molecule has 2 amide bonds. The number of nitrogens with zero attached hydrogens (tertiary/aromatic N) is 4. The second-order valence-electron chi connectivity index (χ2n) is 16.6. The molecule has 0 aliphatic carbocycles. The summed E-state index contributed by atoms with van der Waals surface area (Å²) in [5.41, 5.74) is 15.4. The largest absolute Gasteiger partial charge is 0.324 e. The van der Waals surface area contributed by atoms with Gasteiger partial charge in [-0.15, -0.1) is 12.3 Å². The predicted molar refractivity (Wildman–Crippen MR) is 239 cm³/mol. The van der Waals surface area contributed by atoms with Crippen molar-refractivity contribution in [2.45, 2.75) is 143 Å². The van der Waals surface area contributed by atoms with Crippen LogP contribution in [-0.2, 0) is 28.8 Å². The van der Waals surface area contributed by atoms with Gasteiger partial charge in [0.05, 0.1) is 13.2 Å². The van der Waals surface area contributed by atoms with Gasteiger partial charge in [-0.3, -0.25) is 30.6 Å². The van der Waals surface area contributed by atoms with Gasteiger partial charge in [-0.1, -0.05) is 116 Å². The van der Waals surface area contributed by atoms with E-state index in [9.17, 15) is 24.0 Å². The lowest BCUT2D eigenvalue weighted by atomic mass is 10.1. The zero-order valence-corrected chi connectivity index (χ0v) is 39.3. The first-order valence-electron chi connectivity index (χ1n) is 20.1. The molecule has 0 aromatic rings. The Kier molecular flexibility index (Phi) is 60.6. The fourth-order valence-electron chi connectivity index (χ4n) is 3.15. The van der Waals surface area contributed by atoms with Gasteiger partial charge in [0.25, 0.3) is 11.8 Å². The quantitative estimate of drug-likeness (QED) is 0.0170. The van der Waals surface area contributed by atoms with E-state index in [4.69, 9.17) is 29.4 Å². The van der Waals surface area contributed by atoms with Crippen LogP contribution in [0.5, 0.6) is 0 Å². The first-order chi connectivity index (χ1) is 26.2. The van der Waals surface area contributed by atoms with Gasteiger partial charge in [-0.05, 0) is 59.8 Å². The van der Waals surface area contributed by atoms with Crippen LogP contribution in [0.3, 0.4) is 0 Å². The van der Waals surface area contributed by atoms with Crippen LogP contribution in [0.15, 0.2) is 17.3 Å². The van der Waals surface area contributed by atoms with E-state index in [0.717, 1.165) is 25.7 Å². The fraction of sp³-hybridized carbons (Fsp3) is 0.791. The second-order valence-corrected chi connectivity index (χ2v) is 16.6. The summed E-state index contributed by atoms with van der Waals surface area (Å²) in [6.07, 6.45) is 11.5. The number of hydrogen-bond acceptors (Lipinski definition) is 11. The van der Waals surface area contributed by atoms with Gasteiger partial charge in [-0.25, -0.2) is 5.90 Å². The second kappa shape index (κ2) is 50.6. The van der Waals surface area contributed by atoms with E-state index >= 15 is 0 Å². The number of azide groups is 1. The van der Waals surface area contributed by atoms with Crippen LogP contribution in [0, 0.1) is 59.7 Å². The number of nitrogens with two attached hydrogens (primary N) is 3. The first kappa shape index (κ1) is 68.3. The van der Waals surface area contributed by atoms with Gasteiger partial charge < -0.3 is 20.2 Å². The monoisotopic (exact) mass is 813 g/mol. The number of imide groups is 1. The molecule has 57 heavy (non-hydrogen) atoms. The molecular formula is C43H88N8O6. The Hall–Kier alpha value is -3.44. The number of nitrogens with one attached hydrogen (secondary N) is 1. The lowest BCUT2D eigenvalue weighted by molar-refractivity contribution is -0.137. The molecule has 7 N–H and O–H groups in total. The van der Waals surface area contributed by atoms with E-state index in [1.54, 1.807) is 6.92 Å². The summed E-state index contributed by atoms with van der Waals surface area (Å²) in [4.78, 5) is 60.4. The highest BCUT2D eigenvalue weighted by molar-refractivity contribution is 6.12. The Bertz CT molecular complexity index is 1040. The summed E-state index contributed by atoms with van der Waals surface area (Å²) in [5.74, 6) is 16.5. The molecule has 1 aliphatic heterocycles. The minimum Gasteiger partial charge on any atom is -0.324 e. The summed E-state index contributed by atoms with van der Waals surface area (Å²) in [5, 5.41) is 3.35. The van der Waals surface area contributed by atoms with Gasteiger partial charge in [0.1, 0.15) is 17.9 Å². The number of ketones is 2. The molecule has 1 rings (SSSR count). The van der Waals surface area contributed by atoms with E-state index in [2.05, 4.69) is 53.9 Å². The van der Waals surface area contributed by atoms with Crippen molar-refractivity contribution in [1.82, 2.24) is 10.3 Å². The maximum Gasteiger partial charge on any atom is 0.253 e. The lowest BCUT2D eigenvalue weighted by Crippen LogP contribution is -2.33. The van der Waals surface area contributed by atoms with Crippen LogP contribution in [0.25, 0.3) is 10.4 Å². The Morgan fingerprint density at radius 1 is 0.825 bits per heavy atom. The summed E-state index contributed by atoms with van der Waals surface area (Å²) in [7, 11) is 0. The van der Waals surface area contributed by atoms with Crippen LogP contribution in [0.4, 0.5) is 0 Å². The van der Waals surface area contributed by atoms with E-state index in [-0.39, 0.29) is 29.9 Å². The zero-order chi connectivity index (χ0) is 46.5. The fourth-order valence-corrected chi connectivity index (χ4v) is 3.15. The van der Waals surface area contributed by atoms with E-state index < -0.39 is 0 Å². The average molecular weight is 813 g/mol. The topological polar surface area (TPSA) is 237 Å². The molecule has 0 atom stereocenters. The lowest BCUT2D eigenvalue weighted by Gasteiger charge is -2.15. The van der Waals surface area contributed by atoms with Crippen molar-refractivity contribution < 1.29 is 28.8 Å². The van der Waals surface area contributed by atoms with Gasteiger partial charge in [0, 0.05) is 62.4 Å². The number of Topliss-reactive ketones (excluding diaryl/α,β-unsaturated/α-hetero) is 2. The molecule has 0 aromatic carbocycles. The number of amides is 2. The van der Waals surface area contributed by atoms with E-state index in [1.165, 1.54) is 17.1 Å². The highest BCUT2D eigenvalue weighted by atomic mass is 16.6. The van der Waals surface area contributed by atoms with E-state index in [0.29, 0.717) is 79.9 Å². The third-order valence-electron chi connectivity index (χ3n) is 5.57. The van der Waals surface area contributed by atoms with Crippen LogP contribution >= 0.6 is 0 Å². The zero-order valence-electron chi connectivity index (χ0n) is 39.3. The van der Waals surface area contributed by atoms with Crippen molar-refractivity contribution in [2.24, 2.45) is 69.9 Å². The third-order valence-corrected chi connectivity index (χ3v) is 5.57. The number of hydrogen-bond donors (Lipinski definition) is 4. The number of aldehydes is 1. The molecule has 1 heterocycles. The number of rotatable bonds is 16. The predicted octanol–water partition coefficient (Wildman–Crippen LogP) is 8.24. The molecule has 0 radical (unpaired) electrons. The Labute approximate surface area is 349 Å². The third kappa shape index (κ3) is 85.9. The molecule has 0 saturated heterocycles. The number of hydrazine groups is 1. The molecule has 336 valence electrons. The maximum absolute atomic E-state index is 10.9. The smallest absolute Gasteiger partial charge is 0.253 e. The van der Waals surface area contributed by atoms with Crippen molar-refractivity contribution in [1.29, 1.82) is 0 Å². The molecule has 0 fully saturated rings. The molecule has 0 aromatic heterocycles. The summed E-state index contributed by atoms with van der Waals surface area (Å²) in [6, 6.07) is 0. The molecule has 0 unspecified atom stereocenters. The summed E-state index contributed by atoms with van der Waals surface area (Å²) >= 11 is 0. The normalized spacial score (nSPS) is 10.9. The minimum absolute atomic E-state index is 0.153. The Morgan fingerprint density at radius 3 is 1.40 bits per heavy atom. The summed E-state index contributed by atoms with van der Waals surface area (Å²) in [6.45, 7) is 37.1. The van der Waals surface area contributed by atoms with Crippen molar-refractivity contribution in [3.8, 4) is 12.3 Å². The molecule has 14 heteroatoms. The van der Waals surface area contributed by atoms with Crippen molar-refractivity contribution in [3.63, 3.8) is 0 Å². The van der Waals surface area contributed by atoms with Crippen molar-refractivity contribution in [2.75, 3.05) is 32.8 Å². The molecule has 0 saturated carbocycles. The SMILES string of the molecule is C#CCC(C)C.CC(=O)CC(C)C.CC(C)CC(=O)CN.CC(C)CC=O.CC(C)CN1C(=O)C=CC1=O.CC(C)CN=[N+]=[N-].CC(C)CNN.CC(C)CON. The van der Waals surface area contributed by atoms with Crippen LogP contribution in [0.1, 0.15) is 143 Å². The van der Waals surface area contributed by atoms with Crippen LogP contribution < -0.4 is 22.9 Å². The van der Waals surface area contributed by atoms with Gasteiger partial charge in [0.2, 0.25) is 0 Å². The average Bonchev–Trinajstić information content (AvgIpc) is 3.36. The van der Waals surface area contributed by atoms with Crippen molar-refractivity contribution in [3.05, 3.63) is 22.6 Å². The van der Waals surface area contributed by atoms with Crippen LogP contribution in [-0.4, -0.2) is 67.4 Å². The van der Waals surface area contributed by atoms with Crippen molar-refractivity contribution >= 4 is 29.7 Å². The Morgan fingerprint density at radius 2 is 1.30 bits per heavy atom. The number of carbonyl (C=O) groups excluding carboxylic acids is 5. The maximum atomic E-state index is 10.9. The molecular weight excluding hydrogens is 725 g/mol. The summed E-state index contributed by atoms with van der Waals surface area (Å²) < 4.78 is 0. The molecule has 14 nitrogen and oxygen atoms in total. The highest BCUT2D eigenvalue weighted by Crippen LogP contribution is 2.06. The molecule has 1 aliphatic rings. The standard InChI is InChI=1S/C8H11NO2.C6H13NO.C6H12O.C6H10.C5H10O.C4H9N3.C4H12N2.C4H11NO/c1-6(2)5-9-7(10)3-4-8(9)11;1-5(2)3-6(8)4-7;1-5(2)4-6(3)7;1-4-5-6(2)3;1-5(2)3-4-6;1-4(2)3-6-7-5;2*1-4(2)3-6-5/h3-4,6H,5H2,1-2H3;5H,3-4,7H2,1-2H3;5H,4H2,1-3H3;1,6H,5H2,2-3H3;4-5H,3H2,1-2H3;4H,3H2,1-2H3;4,6H,3,5H2,1-2H3;4H,3,5H2,1-2H3. The number of carbonyl (C=O) groups is 5. The van der Waals surface area contributed by atoms with Gasteiger partial charge in [0.15, 0.2) is 0 Å². The molecule has 0 bridgehead atoms. The minimum atomic E-state index is -0.191. The van der Waals surface area contributed by atoms with Gasteiger partial charge >= 0.3 is 0 Å².